The van der Waals surface area contributed by atoms with Crippen molar-refractivity contribution in [3.05, 3.63) is 74.5 Å². The Bertz CT molecular complexity index is 1320. The molecule has 0 aliphatic carbocycles. The zero-order valence-corrected chi connectivity index (χ0v) is 18.1. The van der Waals surface area contributed by atoms with Crippen molar-refractivity contribution < 1.29 is 4.79 Å². The van der Waals surface area contributed by atoms with Crippen LogP contribution in [0, 0.1) is 27.7 Å². The molecule has 0 atom stereocenters. The second kappa shape index (κ2) is 7.84. The van der Waals surface area contributed by atoms with Crippen LogP contribution in [0.25, 0.3) is 21.5 Å². The van der Waals surface area contributed by atoms with E-state index in [4.69, 9.17) is 0 Å². The highest BCUT2D eigenvalue weighted by atomic mass is 32.1. The molecule has 2 aromatic heterocycles. The van der Waals surface area contributed by atoms with Crippen molar-refractivity contribution in [2.24, 2.45) is 0 Å². The number of aryl methyl sites for hydroxylation is 4. The quantitative estimate of drug-likeness (QED) is 0.533. The van der Waals surface area contributed by atoms with E-state index in [1.807, 2.05) is 70.2 Å². The fourth-order valence-corrected chi connectivity index (χ4v) is 4.27. The lowest BCUT2D eigenvalue weighted by Crippen LogP contribution is -2.30. The molecule has 2 aromatic carbocycles. The van der Waals surface area contributed by atoms with Gasteiger partial charge in [-0.05, 0) is 39.3 Å². The minimum absolute atomic E-state index is 0.183. The number of benzene rings is 2. The number of carbonyl (C=O) groups is 1. The van der Waals surface area contributed by atoms with Gasteiger partial charge in [-0.3, -0.25) is 9.59 Å². The van der Waals surface area contributed by atoms with Gasteiger partial charge in [-0.15, -0.1) is 11.3 Å². The summed E-state index contributed by atoms with van der Waals surface area (Å²) in [4.78, 5) is 30.0. The Morgan fingerprint density at radius 1 is 1.03 bits per heavy atom. The molecular weight excluding hydrogens is 396 g/mol. The van der Waals surface area contributed by atoms with Crippen LogP contribution in [-0.4, -0.2) is 20.7 Å². The van der Waals surface area contributed by atoms with E-state index in [0.29, 0.717) is 11.2 Å². The van der Waals surface area contributed by atoms with Gasteiger partial charge in [0.25, 0.3) is 5.56 Å². The third-order valence-electron chi connectivity index (χ3n) is 4.88. The zero-order chi connectivity index (χ0) is 21.4. The summed E-state index contributed by atoms with van der Waals surface area (Å²) in [5.41, 5.74) is 5.49. The maximum atomic E-state index is 12.9. The maximum absolute atomic E-state index is 12.9. The largest absolute Gasteiger partial charge is 0.324 e. The lowest BCUT2D eigenvalue weighted by Gasteiger charge is -2.11. The van der Waals surface area contributed by atoms with Crippen molar-refractivity contribution in [1.82, 2.24) is 14.8 Å². The molecule has 1 N–H and O–H groups in total. The first-order valence-corrected chi connectivity index (χ1v) is 10.5. The van der Waals surface area contributed by atoms with Gasteiger partial charge in [0, 0.05) is 11.3 Å². The molecule has 30 heavy (non-hydrogen) atoms. The minimum Gasteiger partial charge on any atom is -0.324 e. The summed E-state index contributed by atoms with van der Waals surface area (Å²) in [6.45, 7) is 7.63. The molecule has 0 saturated heterocycles. The molecule has 0 bridgehead atoms. The Kier molecular flexibility index (Phi) is 5.22. The van der Waals surface area contributed by atoms with E-state index in [1.165, 1.54) is 16.0 Å². The van der Waals surface area contributed by atoms with Crippen molar-refractivity contribution in [3.8, 4) is 11.3 Å². The van der Waals surface area contributed by atoms with E-state index >= 15 is 0 Å². The van der Waals surface area contributed by atoms with Crippen LogP contribution in [0.15, 0.2) is 47.3 Å². The standard InChI is InChI=1S/C23H22N4O2S/c1-13-5-8-17(9-6-13)20-22-21(24-16(4)30-22)23(29)27(26-20)12-19(28)25-18-10-7-14(2)11-15(18)3/h5-11H,12H2,1-4H3,(H,25,28). The predicted octanol–water partition coefficient (Wildman–Crippen LogP) is 4.39. The number of aromatic nitrogens is 3. The smallest absolute Gasteiger partial charge is 0.294 e. The third kappa shape index (κ3) is 3.89. The number of rotatable bonds is 4. The lowest BCUT2D eigenvalue weighted by atomic mass is 10.1. The number of hydrogen-bond acceptors (Lipinski definition) is 5. The van der Waals surface area contributed by atoms with Crippen LogP contribution in [0.5, 0.6) is 0 Å². The summed E-state index contributed by atoms with van der Waals surface area (Å²) in [7, 11) is 0. The van der Waals surface area contributed by atoms with Crippen molar-refractivity contribution in [2.75, 3.05) is 5.32 Å². The fourth-order valence-electron chi connectivity index (χ4n) is 3.35. The van der Waals surface area contributed by atoms with Gasteiger partial charge in [-0.25, -0.2) is 9.67 Å². The maximum Gasteiger partial charge on any atom is 0.294 e. The Morgan fingerprint density at radius 2 is 1.73 bits per heavy atom. The fraction of sp³-hybridized carbons (Fsp3) is 0.217. The number of nitrogens with zero attached hydrogens (tertiary/aromatic N) is 3. The molecule has 2 heterocycles. The topological polar surface area (TPSA) is 76.9 Å². The van der Waals surface area contributed by atoms with Gasteiger partial charge in [-0.1, -0.05) is 47.5 Å². The first-order chi connectivity index (χ1) is 14.3. The van der Waals surface area contributed by atoms with Crippen LogP contribution in [0.3, 0.4) is 0 Å². The highest BCUT2D eigenvalue weighted by molar-refractivity contribution is 7.19. The van der Waals surface area contributed by atoms with Crippen LogP contribution < -0.4 is 10.9 Å². The van der Waals surface area contributed by atoms with Gasteiger partial charge < -0.3 is 5.32 Å². The highest BCUT2D eigenvalue weighted by Gasteiger charge is 2.18. The van der Waals surface area contributed by atoms with Crippen LogP contribution in [0.2, 0.25) is 0 Å². The van der Waals surface area contributed by atoms with Crippen LogP contribution in [0.4, 0.5) is 5.69 Å². The first-order valence-electron chi connectivity index (χ1n) is 9.64. The second-order valence-electron chi connectivity index (χ2n) is 7.45. The Morgan fingerprint density at radius 3 is 2.43 bits per heavy atom. The molecule has 0 spiro atoms. The molecule has 4 aromatic rings. The van der Waals surface area contributed by atoms with E-state index < -0.39 is 0 Å². The number of carbonyl (C=O) groups excluding carboxylic acids is 1. The molecule has 6 nitrogen and oxygen atoms in total. The van der Waals surface area contributed by atoms with E-state index in [2.05, 4.69) is 15.4 Å². The number of fused-ring (bicyclic) bond motifs is 1. The van der Waals surface area contributed by atoms with Crippen molar-refractivity contribution in [1.29, 1.82) is 0 Å². The normalized spacial score (nSPS) is 11.1. The van der Waals surface area contributed by atoms with Gasteiger partial charge >= 0.3 is 0 Å². The number of anilines is 1. The summed E-state index contributed by atoms with van der Waals surface area (Å²) < 4.78 is 1.95. The summed E-state index contributed by atoms with van der Waals surface area (Å²) >= 11 is 1.44. The van der Waals surface area contributed by atoms with Gasteiger partial charge in [0.05, 0.1) is 9.71 Å². The Balaban J connectivity index is 1.73. The van der Waals surface area contributed by atoms with Gasteiger partial charge in [0.1, 0.15) is 12.2 Å². The van der Waals surface area contributed by atoms with Crippen LogP contribution >= 0.6 is 11.3 Å². The molecule has 0 unspecified atom stereocenters. The lowest BCUT2D eigenvalue weighted by molar-refractivity contribution is -0.117. The van der Waals surface area contributed by atoms with Gasteiger partial charge in [-0.2, -0.15) is 5.10 Å². The predicted molar refractivity (Wildman–Crippen MR) is 121 cm³/mol. The highest BCUT2D eigenvalue weighted by Crippen LogP contribution is 2.29. The molecule has 1 amide bonds. The van der Waals surface area contributed by atoms with E-state index in [9.17, 15) is 9.59 Å². The second-order valence-corrected chi connectivity index (χ2v) is 8.66. The molecule has 0 aliphatic rings. The summed E-state index contributed by atoms with van der Waals surface area (Å²) in [5, 5.41) is 8.21. The third-order valence-corrected chi connectivity index (χ3v) is 5.86. The molecule has 0 saturated carbocycles. The summed E-state index contributed by atoms with van der Waals surface area (Å²) in [5.74, 6) is -0.308. The SMILES string of the molecule is Cc1ccc(-c2nn(CC(=O)Nc3ccc(C)cc3C)c(=O)c3nc(C)sc23)cc1. The first kappa shape index (κ1) is 20.0. The van der Waals surface area contributed by atoms with Gasteiger partial charge in [0.15, 0.2) is 5.52 Å². The molecule has 4 rings (SSSR count). The molecule has 7 heteroatoms. The van der Waals surface area contributed by atoms with Crippen molar-refractivity contribution in [3.63, 3.8) is 0 Å². The number of nitrogens with one attached hydrogen (secondary N) is 1. The summed E-state index contributed by atoms with van der Waals surface area (Å²) in [6, 6.07) is 13.7. The number of thiazole rings is 1. The number of hydrogen-bond donors (Lipinski definition) is 1. The van der Waals surface area contributed by atoms with Crippen molar-refractivity contribution >= 4 is 33.1 Å². The number of amides is 1. The molecule has 0 radical (unpaired) electrons. The average molecular weight is 419 g/mol. The van der Waals surface area contributed by atoms with Gasteiger partial charge in [0.2, 0.25) is 5.91 Å². The Hall–Kier alpha value is -3.32. The van der Waals surface area contributed by atoms with E-state index in [-0.39, 0.29) is 18.0 Å². The van der Waals surface area contributed by atoms with E-state index in [0.717, 1.165) is 37.6 Å². The zero-order valence-electron chi connectivity index (χ0n) is 17.3. The van der Waals surface area contributed by atoms with E-state index in [1.54, 1.807) is 0 Å². The average Bonchev–Trinajstić information content (AvgIpc) is 3.09. The summed E-state index contributed by atoms with van der Waals surface area (Å²) in [6.07, 6.45) is 0. The van der Waals surface area contributed by atoms with Crippen LogP contribution in [0.1, 0.15) is 21.7 Å². The van der Waals surface area contributed by atoms with Crippen molar-refractivity contribution in [2.45, 2.75) is 34.2 Å². The van der Waals surface area contributed by atoms with Crippen LogP contribution in [-0.2, 0) is 11.3 Å². The molecular formula is C23H22N4O2S. The molecule has 0 aliphatic heterocycles. The minimum atomic E-state index is -0.360. The molecule has 0 fully saturated rings. The monoisotopic (exact) mass is 418 g/mol. The molecule has 152 valence electrons. The Labute approximate surface area is 178 Å².